The quantitative estimate of drug-likeness (QED) is 0.485. The van der Waals surface area contributed by atoms with E-state index in [4.69, 9.17) is 30.2 Å². The Labute approximate surface area is 163 Å². The molecule has 0 saturated carbocycles. The second kappa shape index (κ2) is 8.15. The van der Waals surface area contributed by atoms with Gasteiger partial charge in [0.2, 0.25) is 0 Å². The van der Waals surface area contributed by atoms with Crippen molar-refractivity contribution in [1.82, 2.24) is 4.98 Å². The van der Waals surface area contributed by atoms with Gasteiger partial charge in [-0.25, -0.2) is 4.98 Å². The van der Waals surface area contributed by atoms with E-state index in [1.54, 1.807) is 13.3 Å². The highest BCUT2D eigenvalue weighted by molar-refractivity contribution is 6.74. The Balaban J connectivity index is 2.15. The number of rotatable bonds is 7. The highest BCUT2D eigenvalue weighted by atomic mass is 35.5. The predicted octanol–water partition coefficient (Wildman–Crippen LogP) is 4.79. The highest BCUT2D eigenvalue weighted by Crippen LogP contribution is 2.42. The lowest BCUT2D eigenvalue weighted by Gasteiger charge is -2.38. The van der Waals surface area contributed by atoms with Crippen LogP contribution in [0.3, 0.4) is 0 Å². The molecule has 148 valence electrons. The first-order valence-electron chi connectivity index (χ1n) is 9.11. The zero-order chi connectivity index (χ0) is 19.6. The van der Waals surface area contributed by atoms with Gasteiger partial charge in [0, 0.05) is 26.3 Å². The molecule has 0 N–H and O–H groups in total. The van der Waals surface area contributed by atoms with Crippen LogP contribution in [0.4, 0.5) is 0 Å². The fraction of sp³-hybridized carbons (Fsp3) is 0.737. The Hall–Kier alpha value is -0.663. The van der Waals surface area contributed by atoms with Crippen LogP contribution in [-0.2, 0) is 19.5 Å². The Morgan fingerprint density at radius 2 is 2.08 bits per heavy atom. The number of nitrogens with zero attached hydrogens (tertiary/aromatic N) is 1. The first-order chi connectivity index (χ1) is 12.0. The summed E-state index contributed by atoms with van der Waals surface area (Å²) in [7, 11) is -0.169. The normalized spacial score (nSPS) is 22.5. The summed E-state index contributed by atoms with van der Waals surface area (Å²) in [6.07, 6.45) is 2.36. The molecule has 0 bridgehead atoms. The van der Waals surface area contributed by atoms with Gasteiger partial charge in [-0.2, -0.15) is 0 Å². The summed E-state index contributed by atoms with van der Waals surface area (Å²) in [5, 5.41) is 0.557. The second-order valence-electron chi connectivity index (χ2n) is 8.48. The summed E-state index contributed by atoms with van der Waals surface area (Å²) >= 11 is 6.41. The molecule has 1 aliphatic rings. The monoisotopic (exact) mass is 401 g/mol. The van der Waals surface area contributed by atoms with Crippen LogP contribution < -0.4 is 4.74 Å². The van der Waals surface area contributed by atoms with E-state index in [2.05, 4.69) is 38.8 Å². The van der Waals surface area contributed by atoms with E-state index in [9.17, 15) is 0 Å². The molecule has 26 heavy (non-hydrogen) atoms. The fourth-order valence-electron chi connectivity index (χ4n) is 2.88. The first kappa shape index (κ1) is 21.6. The molecule has 1 saturated heterocycles. The fourth-order valence-corrected chi connectivity index (χ4v) is 4.63. The standard InChI is InChI=1S/C19H32ClNO4Si/c1-14(25-26(6,7)18(2,3)4)12-24-15-8-10-21-17(20)16(15)19(22-5)9-11-23-13-19/h8,10,14H,9,11-13H2,1-7H3. The van der Waals surface area contributed by atoms with Gasteiger partial charge in [0.25, 0.3) is 0 Å². The van der Waals surface area contributed by atoms with Crippen LogP contribution >= 0.6 is 11.6 Å². The first-order valence-corrected chi connectivity index (χ1v) is 12.4. The maximum absolute atomic E-state index is 6.41. The van der Waals surface area contributed by atoms with E-state index in [0.717, 1.165) is 12.0 Å². The van der Waals surface area contributed by atoms with E-state index < -0.39 is 13.9 Å². The number of halogens is 1. The lowest BCUT2D eigenvalue weighted by molar-refractivity contribution is -0.0238. The minimum atomic E-state index is -1.84. The van der Waals surface area contributed by atoms with Gasteiger partial charge in [0.05, 0.1) is 18.3 Å². The molecule has 0 amide bonds. The number of hydrogen-bond acceptors (Lipinski definition) is 5. The zero-order valence-electron chi connectivity index (χ0n) is 17.0. The van der Waals surface area contributed by atoms with Crippen LogP contribution in [0, 0.1) is 0 Å². The van der Waals surface area contributed by atoms with Gasteiger partial charge in [0.15, 0.2) is 8.32 Å². The van der Waals surface area contributed by atoms with Crippen molar-refractivity contribution in [2.24, 2.45) is 0 Å². The third kappa shape index (κ3) is 4.60. The number of hydrogen-bond donors (Lipinski definition) is 0. The van der Waals surface area contributed by atoms with Crippen molar-refractivity contribution in [2.75, 3.05) is 26.9 Å². The van der Waals surface area contributed by atoms with Gasteiger partial charge in [0.1, 0.15) is 23.1 Å². The Morgan fingerprint density at radius 3 is 2.62 bits per heavy atom. The number of methoxy groups -OCH3 is 1. The average Bonchev–Trinajstić information content (AvgIpc) is 3.01. The maximum Gasteiger partial charge on any atom is 0.192 e. The molecule has 1 aromatic rings. The third-order valence-corrected chi connectivity index (χ3v) is 10.4. The summed E-state index contributed by atoms with van der Waals surface area (Å²) in [6.45, 7) is 14.8. The Morgan fingerprint density at radius 1 is 1.38 bits per heavy atom. The Kier molecular flexibility index (Phi) is 6.78. The average molecular weight is 402 g/mol. The van der Waals surface area contributed by atoms with Gasteiger partial charge in [-0.3, -0.25) is 0 Å². The highest BCUT2D eigenvalue weighted by Gasteiger charge is 2.42. The van der Waals surface area contributed by atoms with Crippen molar-refractivity contribution in [3.8, 4) is 5.75 Å². The van der Waals surface area contributed by atoms with Gasteiger partial charge in [-0.15, -0.1) is 0 Å². The predicted molar refractivity (Wildman–Crippen MR) is 107 cm³/mol. The van der Waals surface area contributed by atoms with Crippen molar-refractivity contribution in [1.29, 1.82) is 0 Å². The van der Waals surface area contributed by atoms with Crippen molar-refractivity contribution in [2.45, 2.75) is 64.0 Å². The second-order valence-corrected chi connectivity index (χ2v) is 13.6. The van der Waals surface area contributed by atoms with Crippen LogP contribution in [0.15, 0.2) is 12.3 Å². The van der Waals surface area contributed by atoms with Crippen molar-refractivity contribution < 1.29 is 18.6 Å². The van der Waals surface area contributed by atoms with Crippen LogP contribution in [0.5, 0.6) is 5.75 Å². The van der Waals surface area contributed by atoms with Gasteiger partial charge in [-0.1, -0.05) is 32.4 Å². The van der Waals surface area contributed by atoms with E-state index in [1.807, 2.05) is 13.0 Å². The number of aromatic nitrogens is 1. The topological polar surface area (TPSA) is 49.8 Å². The van der Waals surface area contributed by atoms with E-state index in [0.29, 0.717) is 30.7 Å². The summed E-state index contributed by atoms with van der Waals surface area (Å²) in [4.78, 5) is 4.22. The van der Waals surface area contributed by atoms with E-state index in [1.165, 1.54) is 0 Å². The molecule has 2 rings (SSSR count). The van der Waals surface area contributed by atoms with Crippen LogP contribution in [-0.4, -0.2) is 46.3 Å². The molecule has 0 aliphatic carbocycles. The SMILES string of the molecule is COC1(c2c(OCC(C)O[Si](C)(C)C(C)(C)C)ccnc2Cl)CCOC1. The number of ether oxygens (including phenoxy) is 3. The van der Waals surface area contributed by atoms with Crippen molar-refractivity contribution in [3.63, 3.8) is 0 Å². The van der Waals surface area contributed by atoms with Crippen LogP contribution in [0.25, 0.3) is 0 Å². The molecule has 2 unspecified atom stereocenters. The molecular weight excluding hydrogens is 370 g/mol. The molecule has 0 spiro atoms. The Bertz CT molecular complexity index is 612. The summed E-state index contributed by atoms with van der Waals surface area (Å²) < 4.78 is 23.8. The smallest absolute Gasteiger partial charge is 0.192 e. The molecule has 0 radical (unpaired) electrons. The van der Waals surface area contributed by atoms with E-state index >= 15 is 0 Å². The lowest BCUT2D eigenvalue weighted by Crippen LogP contribution is -2.44. The molecule has 2 heterocycles. The van der Waals surface area contributed by atoms with Crippen molar-refractivity contribution in [3.05, 3.63) is 23.0 Å². The summed E-state index contributed by atoms with van der Waals surface area (Å²) in [6, 6.07) is 1.83. The van der Waals surface area contributed by atoms with Crippen molar-refractivity contribution >= 4 is 19.9 Å². The molecule has 5 nitrogen and oxygen atoms in total. The summed E-state index contributed by atoms with van der Waals surface area (Å²) in [5.74, 6) is 0.683. The van der Waals surface area contributed by atoms with Gasteiger partial charge < -0.3 is 18.6 Å². The minimum Gasteiger partial charge on any atom is -0.490 e. The largest absolute Gasteiger partial charge is 0.490 e. The third-order valence-electron chi connectivity index (χ3n) is 5.47. The van der Waals surface area contributed by atoms with Crippen LogP contribution in [0.2, 0.25) is 23.3 Å². The molecule has 1 fully saturated rings. The minimum absolute atomic E-state index is 0.0194. The molecule has 1 aliphatic heterocycles. The zero-order valence-corrected chi connectivity index (χ0v) is 18.8. The van der Waals surface area contributed by atoms with Gasteiger partial charge >= 0.3 is 0 Å². The molecule has 0 aromatic carbocycles. The molecule has 7 heteroatoms. The summed E-state index contributed by atoms with van der Waals surface area (Å²) in [5.41, 5.74) is 0.158. The van der Waals surface area contributed by atoms with Gasteiger partial charge in [-0.05, 0) is 31.1 Å². The lowest BCUT2D eigenvalue weighted by atomic mass is 9.93. The van der Waals surface area contributed by atoms with E-state index in [-0.39, 0.29) is 11.1 Å². The van der Waals surface area contributed by atoms with Crippen LogP contribution in [0.1, 0.15) is 39.7 Å². The number of pyridine rings is 1. The molecular formula is C19H32ClNO4Si. The molecule has 1 aromatic heterocycles. The molecule has 2 atom stereocenters. The maximum atomic E-state index is 6.41.